The SMILES string of the molecule is [2H]c1c([2H])c([2H])c([Si]2(C(C)(C)C)c3cccc4c3N(c3cccc5c3B4c3sc4ccccc4c3N5c3ccccc3)c3c([2H])c([2H])c([2H])c([2H])c32)c([2H])c1[2H]. The van der Waals surface area contributed by atoms with Crippen LogP contribution in [0.2, 0.25) is 5.04 Å². The molecule has 10 rings (SSSR count). The first-order chi connectivity index (χ1) is 26.7. The minimum absolute atomic E-state index is 0.122. The lowest BCUT2D eigenvalue weighted by molar-refractivity contribution is 0.739. The highest BCUT2D eigenvalue weighted by molar-refractivity contribution is 7.34. The van der Waals surface area contributed by atoms with E-state index < -0.39 is 43.3 Å². The molecule has 0 spiro atoms. The van der Waals surface area contributed by atoms with Crippen LogP contribution in [0.1, 0.15) is 33.1 Å². The van der Waals surface area contributed by atoms with Gasteiger partial charge in [0, 0.05) is 43.3 Å². The van der Waals surface area contributed by atoms with Gasteiger partial charge < -0.3 is 9.80 Å². The summed E-state index contributed by atoms with van der Waals surface area (Å²) in [6, 6.07) is 27.4. The summed E-state index contributed by atoms with van der Waals surface area (Å²) in [5.41, 5.74) is 6.78. The largest absolute Gasteiger partial charge is 0.312 e. The highest BCUT2D eigenvalue weighted by atomic mass is 32.1. The van der Waals surface area contributed by atoms with E-state index in [9.17, 15) is 5.48 Å². The van der Waals surface area contributed by atoms with Gasteiger partial charge in [0.15, 0.2) is 8.07 Å². The van der Waals surface area contributed by atoms with Gasteiger partial charge in [0.25, 0.3) is 6.71 Å². The average Bonchev–Trinajstić information content (AvgIpc) is 3.58. The first-order valence-electron chi connectivity index (χ1n) is 20.3. The molecule has 0 bridgehead atoms. The molecule has 6 aromatic carbocycles. The Bertz CT molecular complexity index is 2870. The second kappa shape index (κ2) is 9.60. The number of nitrogens with zero attached hydrogens (tertiary/aromatic N) is 2. The van der Waals surface area contributed by atoms with E-state index in [1.807, 2.05) is 68.1 Å². The van der Waals surface area contributed by atoms with Gasteiger partial charge in [-0.1, -0.05) is 130 Å². The minimum atomic E-state index is -4.07. The third kappa shape index (κ3) is 3.40. The molecule has 1 aromatic heterocycles. The Hall–Kier alpha value is -4.84. The van der Waals surface area contributed by atoms with Crippen molar-refractivity contribution >= 4 is 102 Å². The molecule has 0 saturated carbocycles. The van der Waals surface area contributed by atoms with Crippen molar-refractivity contribution in [1.82, 2.24) is 0 Å². The third-order valence-corrected chi connectivity index (χ3v) is 17.0. The molecule has 3 aliphatic heterocycles. The van der Waals surface area contributed by atoms with Crippen molar-refractivity contribution in [1.29, 1.82) is 0 Å². The zero-order valence-corrected chi connectivity index (χ0v) is 27.9. The summed E-state index contributed by atoms with van der Waals surface area (Å²) in [5, 5.41) is 1.45. The molecule has 0 fully saturated rings. The minimum Gasteiger partial charge on any atom is -0.312 e. The normalized spacial score (nSPS) is 19.9. The Morgan fingerprint density at radius 1 is 0.638 bits per heavy atom. The summed E-state index contributed by atoms with van der Waals surface area (Å²) in [4.78, 5) is 4.31. The van der Waals surface area contributed by atoms with E-state index in [2.05, 4.69) is 53.4 Å². The number of anilines is 6. The lowest BCUT2D eigenvalue weighted by Gasteiger charge is -2.54. The molecule has 47 heavy (non-hydrogen) atoms. The van der Waals surface area contributed by atoms with E-state index in [0.717, 1.165) is 59.4 Å². The van der Waals surface area contributed by atoms with Gasteiger partial charge >= 0.3 is 0 Å². The van der Waals surface area contributed by atoms with Crippen LogP contribution in [0, 0.1) is 0 Å². The first kappa shape index (κ1) is 19.7. The van der Waals surface area contributed by atoms with Crippen molar-refractivity contribution in [3.8, 4) is 0 Å². The maximum Gasteiger partial charge on any atom is 0.264 e. The number of hydrogen-bond acceptors (Lipinski definition) is 3. The monoisotopic (exact) mass is 645 g/mol. The molecule has 7 aromatic rings. The molecule has 0 saturated heterocycles. The van der Waals surface area contributed by atoms with Crippen molar-refractivity contribution < 1.29 is 12.3 Å². The zero-order valence-electron chi connectivity index (χ0n) is 35.0. The van der Waals surface area contributed by atoms with E-state index in [1.165, 1.54) is 0 Å². The summed E-state index contributed by atoms with van der Waals surface area (Å²) in [6.07, 6.45) is 0. The van der Waals surface area contributed by atoms with E-state index >= 15 is 0 Å². The Labute approximate surface area is 294 Å². The van der Waals surface area contributed by atoms with Crippen LogP contribution in [0.15, 0.2) is 145 Å². The van der Waals surface area contributed by atoms with Crippen LogP contribution in [0.25, 0.3) is 10.1 Å². The molecule has 0 aliphatic carbocycles. The van der Waals surface area contributed by atoms with Gasteiger partial charge in [0.05, 0.1) is 18.0 Å². The highest BCUT2D eigenvalue weighted by Crippen LogP contribution is 2.50. The van der Waals surface area contributed by atoms with Gasteiger partial charge in [-0.2, -0.15) is 0 Å². The summed E-state index contributed by atoms with van der Waals surface area (Å²) in [5.74, 6) is 0. The van der Waals surface area contributed by atoms with Crippen molar-refractivity contribution in [3.63, 3.8) is 0 Å². The predicted molar refractivity (Wildman–Crippen MR) is 207 cm³/mol. The van der Waals surface area contributed by atoms with Crippen molar-refractivity contribution in [2.45, 2.75) is 25.8 Å². The summed E-state index contributed by atoms with van der Waals surface area (Å²) >= 11 is 1.74. The third-order valence-electron chi connectivity index (χ3n) is 10.2. The maximum absolute atomic E-state index is 9.74. The topological polar surface area (TPSA) is 6.48 Å². The number of para-hydroxylation sites is 3. The smallest absolute Gasteiger partial charge is 0.264 e. The quantitative estimate of drug-likeness (QED) is 0.179. The van der Waals surface area contributed by atoms with Crippen LogP contribution in [0.4, 0.5) is 34.1 Å². The van der Waals surface area contributed by atoms with Crippen LogP contribution < -0.4 is 41.1 Å². The van der Waals surface area contributed by atoms with Crippen molar-refractivity contribution in [3.05, 3.63) is 145 Å². The molecule has 224 valence electrons. The van der Waals surface area contributed by atoms with E-state index in [-0.39, 0.29) is 41.8 Å². The van der Waals surface area contributed by atoms with Crippen LogP contribution in [-0.2, 0) is 0 Å². The van der Waals surface area contributed by atoms with Crippen LogP contribution >= 0.6 is 11.3 Å². The zero-order chi connectivity index (χ0) is 39.3. The Morgan fingerprint density at radius 2 is 1.34 bits per heavy atom. The average molecular weight is 646 g/mol. The molecule has 1 atom stereocenters. The molecule has 0 radical (unpaired) electrons. The van der Waals surface area contributed by atoms with E-state index in [0.29, 0.717) is 5.19 Å². The second-order valence-corrected chi connectivity index (χ2v) is 19.0. The van der Waals surface area contributed by atoms with Crippen LogP contribution in [-0.4, -0.2) is 14.8 Å². The van der Waals surface area contributed by atoms with Crippen LogP contribution in [0.5, 0.6) is 0 Å². The molecule has 0 N–H and O–H groups in total. The van der Waals surface area contributed by atoms with Crippen molar-refractivity contribution in [2.75, 3.05) is 9.80 Å². The number of benzene rings is 6. The van der Waals surface area contributed by atoms with Gasteiger partial charge in [-0.3, -0.25) is 0 Å². The Morgan fingerprint density at radius 3 is 2.15 bits per heavy atom. The van der Waals surface area contributed by atoms with Crippen molar-refractivity contribution in [2.24, 2.45) is 0 Å². The number of thiophene rings is 1. The Balaban J connectivity index is 1.44. The maximum atomic E-state index is 9.74. The molecule has 2 nitrogen and oxygen atoms in total. The summed E-state index contributed by atoms with van der Waals surface area (Å²) < 4.78 is 85.1. The highest BCUT2D eigenvalue weighted by Gasteiger charge is 2.57. The van der Waals surface area contributed by atoms with Crippen LogP contribution in [0.3, 0.4) is 0 Å². The van der Waals surface area contributed by atoms with Gasteiger partial charge in [-0.05, 0) is 67.9 Å². The lowest BCUT2D eigenvalue weighted by atomic mass is 9.36. The summed E-state index contributed by atoms with van der Waals surface area (Å²) in [7, 11) is -4.07. The van der Waals surface area contributed by atoms with Gasteiger partial charge in [-0.15, -0.1) is 11.3 Å². The van der Waals surface area contributed by atoms with Gasteiger partial charge in [0.2, 0.25) is 0 Å². The molecule has 4 heterocycles. The first-order valence-corrected chi connectivity index (χ1v) is 18.7. The standard InChI is InChI=1S/C42H33BN2SSi/c1-42(2,3)47(29-18-8-5-9-19-29)36-26-13-11-22-32(36)45-34-24-15-23-33-38(34)43(31-21-14-27-37(47)40(31)45)41-39(30-20-10-12-25-35(30)46-41)44(33)28-16-6-4-7-17-28/h4-27H,1-3H3/i5D,8D,9D,11D,13D,18D,19D,22D,26D. The molecule has 5 heteroatoms. The molecule has 1 unspecified atom stereocenters. The number of hydrogen-bond donors (Lipinski definition) is 0. The van der Waals surface area contributed by atoms with Gasteiger partial charge in [0.1, 0.15) is 0 Å². The fraction of sp³-hybridized carbons (Fsp3) is 0.0952. The number of rotatable bonds is 2. The molecule has 3 aliphatic rings. The van der Waals surface area contributed by atoms with Gasteiger partial charge in [-0.25, -0.2) is 0 Å². The molecular formula is C42H33BN2SSi. The Kier molecular flexibility index (Phi) is 4.03. The van der Waals surface area contributed by atoms with E-state index in [1.54, 1.807) is 11.3 Å². The fourth-order valence-corrected chi connectivity index (χ4v) is 15.2. The molecule has 0 amide bonds. The molecular weight excluding hydrogens is 603 g/mol. The fourth-order valence-electron chi connectivity index (χ4n) is 8.53. The predicted octanol–water partition coefficient (Wildman–Crippen LogP) is 7.57. The number of fused-ring (bicyclic) bond motifs is 8. The summed E-state index contributed by atoms with van der Waals surface area (Å²) in [6.45, 7) is 5.68. The van der Waals surface area contributed by atoms with E-state index in [4.69, 9.17) is 6.85 Å². The second-order valence-electron chi connectivity index (χ2n) is 13.4. The lowest BCUT2D eigenvalue weighted by Crippen LogP contribution is -2.76.